The molecule has 0 radical (unpaired) electrons. The highest BCUT2D eigenvalue weighted by Gasteiger charge is 2.14. The van der Waals surface area contributed by atoms with Crippen molar-refractivity contribution >= 4 is 28.7 Å². The smallest absolute Gasteiger partial charge is 0.314 e. The lowest BCUT2D eigenvalue weighted by molar-refractivity contribution is -0.380. The number of rotatable bonds is 3. The molecule has 0 spiro atoms. The van der Waals surface area contributed by atoms with Gasteiger partial charge in [-0.3, -0.25) is 15.0 Å². The molecule has 1 N–H and O–H groups in total. The van der Waals surface area contributed by atoms with Crippen molar-refractivity contribution in [3.05, 3.63) is 27.1 Å². The summed E-state index contributed by atoms with van der Waals surface area (Å²) in [6.07, 6.45) is 0. The van der Waals surface area contributed by atoms with E-state index in [1.807, 2.05) is 5.38 Å². The summed E-state index contributed by atoms with van der Waals surface area (Å²) in [5.41, 5.74) is 1.05. The Morgan fingerprint density at radius 1 is 1.50 bits per heavy atom. The van der Waals surface area contributed by atoms with Gasteiger partial charge < -0.3 is 5.32 Å². The van der Waals surface area contributed by atoms with Gasteiger partial charge in [0.2, 0.25) is 0 Å². The normalized spacial score (nSPS) is 16.8. The number of nitro groups is 1. The monoisotopic (exact) mass is 263 g/mol. The van der Waals surface area contributed by atoms with E-state index in [2.05, 4.69) is 10.2 Å². The molecular weight excluding hydrogens is 250 g/mol. The molecule has 1 aliphatic rings. The van der Waals surface area contributed by atoms with Crippen LogP contribution in [0.1, 0.15) is 5.56 Å². The van der Waals surface area contributed by atoms with Gasteiger partial charge in [-0.25, -0.2) is 0 Å². The molecule has 2 rings (SSSR count). The number of halogens is 1. The second-order valence-electron chi connectivity index (χ2n) is 3.58. The molecule has 1 aromatic rings. The predicted molar refractivity (Wildman–Crippen MR) is 66.4 cm³/mol. The first-order valence-corrected chi connectivity index (χ1v) is 5.78. The van der Waals surface area contributed by atoms with Gasteiger partial charge in [0.05, 0.1) is 4.92 Å². The van der Waals surface area contributed by atoms with E-state index in [0.717, 1.165) is 38.3 Å². The lowest BCUT2D eigenvalue weighted by Crippen LogP contribution is -2.42. The molecule has 0 atom stereocenters. The number of piperazine rings is 1. The van der Waals surface area contributed by atoms with Crippen LogP contribution in [-0.4, -0.2) is 36.0 Å². The summed E-state index contributed by atoms with van der Waals surface area (Å²) in [6.45, 7) is 4.87. The van der Waals surface area contributed by atoms with E-state index < -0.39 is 0 Å². The molecule has 7 heteroatoms. The molecule has 0 amide bonds. The highest BCUT2D eigenvalue weighted by molar-refractivity contribution is 7.13. The van der Waals surface area contributed by atoms with Gasteiger partial charge >= 0.3 is 5.00 Å². The molecule has 0 aliphatic carbocycles. The molecule has 1 aromatic heterocycles. The minimum Gasteiger partial charge on any atom is -0.314 e. The Hall–Kier alpha value is -0.690. The maximum Gasteiger partial charge on any atom is 0.324 e. The van der Waals surface area contributed by atoms with E-state index in [-0.39, 0.29) is 22.3 Å². The van der Waals surface area contributed by atoms with E-state index >= 15 is 0 Å². The van der Waals surface area contributed by atoms with Gasteiger partial charge in [-0.1, -0.05) is 11.3 Å². The maximum absolute atomic E-state index is 10.5. The zero-order chi connectivity index (χ0) is 10.7. The minimum absolute atomic E-state index is 0. The van der Waals surface area contributed by atoms with E-state index in [1.165, 1.54) is 11.3 Å². The highest BCUT2D eigenvalue weighted by atomic mass is 35.5. The van der Waals surface area contributed by atoms with Crippen LogP contribution < -0.4 is 5.32 Å². The van der Waals surface area contributed by atoms with Crippen molar-refractivity contribution < 1.29 is 4.92 Å². The summed E-state index contributed by atoms with van der Waals surface area (Å²) in [4.78, 5) is 12.5. The Bertz CT molecular complexity index is 352. The summed E-state index contributed by atoms with van der Waals surface area (Å²) in [6, 6.07) is 1.67. The fraction of sp³-hybridized carbons (Fsp3) is 0.556. The fourth-order valence-electron chi connectivity index (χ4n) is 1.67. The van der Waals surface area contributed by atoms with Gasteiger partial charge in [-0.2, -0.15) is 0 Å². The number of nitrogens with zero attached hydrogens (tertiary/aromatic N) is 2. The van der Waals surface area contributed by atoms with Crippen LogP contribution in [0.3, 0.4) is 0 Å². The van der Waals surface area contributed by atoms with Crippen molar-refractivity contribution in [2.45, 2.75) is 6.54 Å². The molecule has 0 saturated carbocycles. The van der Waals surface area contributed by atoms with Crippen molar-refractivity contribution in [3.8, 4) is 0 Å². The molecule has 2 heterocycles. The molecule has 1 fully saturated rings. The third-order valence-electron chi connectivity index (χ3n) is 2.44. The molecule has 0 unspecified atom stereocenters. The largest absolute Gasteiger partial charge is 0.324 e. The quantitative estimate of drug-likeness (QED) is 0.663. The van der Waals surface area contributed by atoms with Crippen molar-refractivity contribution in [1.29, 1.82) is 0 Å². The van der Waals surface area contributed by atoms with Crippen LogP contribution in [0.4, 0.5) is 5.00 Å². The number of hydrogen-bond donors (Lipinski definition) is 1. The fourth-order valence-corrected chi connectivity index (χ4v) is 2.39. The van der Waals surface area contributed by atoms with E-state index in [0.29, 0.717) is 0 Å². The first-order chi connectivity index (χ1) is 7.25. The number of thiophene rings is 1. The van der Waals surface area contributed by atoms with Crippen LogP contribution in [0.2, 0.25) is 0 Å². The molecule has 90 valence electrons. The van der Waals surface area contributed by atoms with Crippen LogP contribution in [-0.2, 0) is 6.54 Å². The van der Waals surface area contributed by atoms with Gasteiger partial charge in [0.15, 0.2) is 0 Å². The third kappa shape index (κ3) is 3.41. The second-order valence-corrected chi connectivity index (χ2v) is 4.47. The molecule has 1 saturated heterocycles. The predicted octanol–water partition coefficient (Wildman–Crippen LogP) is 1.48. The van der Waals surface area contributed by atoms with Crippen molar-refractivity contribution in [2.75, 3.05) is 26.2 Å². The number of nitrogens with one attached hydrogen (secondary N) is 1. The molecule has 0 bridgehead atoms. The third-order valence-corrected chi connectivity index (χ3v) is 3.36. The average Bonchev–Trinajstić information content (AvgIpc) is 2.68. The van der Waals surface area contributed by atoms with Crippen molar-refractivity contribution in [3.63, 3.8) is 0 Å². The van der Waals surface area contributed by atoms with Crippen LogP contribution >= 0.6 is 23.7 Å². The molecular formula is C9H14ClN3O2S. The van der Waals surface area contributed by atoms with Gasteiger partial charge in [0, 0.05) is 44.2 Å². The summed E-state index contributed by atoms with van der Waals surface area (Å²) < 4.78 is 0. The first-order valence-electron chi connectivity index (χ1n) is 4.90. The van der Waals surface area contributed by atoms with Crippen molar-refractivity contribution in [2.24, 2.45) is 0 Å². The molecule has 0 aromatic carbocycles. The Morgan fingerprint density at radius 2 is 2.19 bits per heavy atom. The lowest BCUT2D eigenvalue weighted by Gasteiger charge is -2.26. The standard InChI is InChI=1S/C9H13N3O2S.ClH/c13-12(14)9-5-8(7-15-9)6-11-3-1-10-2-4-11;/h5,7,10H,1-4,6H2;1H. The Morgan fingerprint density at radius 3 is 2.75 bits per heavy atom. The van der Waals surface area contributed by atoms with Crippen LogP contribution in [0, 0.1) is 10.1 Å². The SMILES string of the molecule is Cl.O=[N+]([O-])c1cc(CN2CCNCC2)cs1. The van der Waals surface area contributed by atoms with E-state index in [1.54, 1.807) is 6.07 Å². The first kappa shape index (κ1) is 13.4. The number of hydrogen-bond acceptors (Lipinski definition) is 5. The summed E-state index contributed by atoms with van der Waals surface area (Å²) >= 11 is 1.20. The van der Waals surface area contributed by atoms with E-state index in [9.17, 15) is 10.1 Å². The van der Waals surface area contributed by atoms with Gasteiger partial charge in [-0.15, -0.1) is 12.4 Å². The topological polar surface area (TPSA) is 58.4 Å². The van der Waals surface area contributed by atoms with Crippen LogP contribution in [0.5, 0.6) is 0 Å². The Kier molecular flexibility index (Phi) is 5.14. The second kappa shape index (κ2) is 6.15. The summed E-state index contributed by atoms with van der Waals surface area (Å²) in [5.74, 6) is 0. The Balaban J connectivity index is 0.00000128. The summed E-state index contributed by atoms with van der Waals surface area (Å²) in [5, 5.41) is 15.9. The van der Waals surface area contributed by atoms with E-state index in [4.69, 9.17) is 0 Å². The van der Waals surface area contributed by atoms with Crippen LogP contribution in [0.25, 0.3) is 0 Å². The van der Waals surface area contributed by atoms with Gasteiger partial charge in [-0.05, 0) is 5.56 Å². The minimum atomic E-state index is -0.327. The zero-order valence-electron chi connectivity index (χ0n) is 8.72. The Labute approximate surface area is 104 Å². The van der Waals surface area contributed by atoms with Gasteiger partial charge in [0.25, 0.3) is 0 Å². The average molecular weight is 264 g/mol. The van der Waals surface area contributed by atoms with Crippen molar-refractivity contribution in [1.82, 2.24) is 10.2 Å². The lowest BCUT2D eigenvalue weighted by atomic mass is 10.3. The van der Waals surface area contributed by atoms with Crippen LogP contribution in [0.15, 0.2) is 11.4 Å². The zero-order valence-corrected chi connectivity index (χ0v) is 10.4. The van der Waals surface area contributed by atoms with Gasteiger partial charge in [0.1, 0.15) is 0 Å². The highest BCUT2D eigenvalue weighted by Crippen LogP contribution is 2.23. The molecule has 1 aliphatic heterocycles. The summed E-state index contributed by atoms with van der Waals surface area (Å²) in [7, 11) is 0. The maximum atomic E-state index is 10.5. The molecule has 16 heavy (non-hydrogen) atoms. The molecule has 5 nitrogen and oxygen atoms in total.